The fourth-order valence-corrected chi connectivity index (χ4v) is 2.39. The molecule has 1 unspecified atom stereocenters. The summed E-state index contributed by atoms with van der Waals surface area (Å²) in [5.41, 5.74) is 1.34. The van der Waals surface area contributed by atoms with Gasteiger partial charge in [0.15, 0.2) is 0 Å². The third kappa shape index (κ3) is 3.39. The summed E-state index contributed by atoms with van der Waals surface area (Å²) in [5.74, 6) is -0.300. The highest BCUT2D eigenvalue weighted by Crippen LogP contribution is 2.24. The van der Waals surface area contributed by atoms with Gasteiger partial charge in [0.25, 0.3) is 5.91 Å². The number of hydrogen-bond acceptors (Lipinski definition) is 2. The molecule has 0 aliphatic heterocycles. The van der Waals surface area contributed by atoms with E-state index in [0.717, 1.165) is 16.5 Å². The van der Waals surface area contributed by atoms with Crippen molar-refractivity contribution in [2.45, 2.75) is 19.4 Å². The summed E-state index contributed by atoms with van der Waals surface area (Å²) >= 11 is 3.25. The molecule has 1 atom stereocenters. The van der Waals surface area contributed by atoms with Crippen LogP contribution in [0.5, 0.6) is 5.75 Å². The summed E-state index contributed by atoms with van der Waals surface area (Å²) in [6, 6.07) is 14.6. The van der Waals surface area contributed by atoms with Crippen LogP contribution in [0.15, 0.2) is 53.0 Å². The number of carbonyl (C=O) groups excluding carboxylic acids is 1. The predicted molar refractivity (Wildman–Crippen MR) is 82.7 cm³/mol. The smallest absolute Gasteiger partial charge is 0.255 e. The molecule has 0 bridgehead atoms. The van der Waals surface area contributed by atoms with Gasteiger partial charge in [0.05, 0.1) is 11.6 Å². The molecule has 0 fully saturated rings. The Labute approximate surface area is 126 Å². The highest BCUT2D eigenvalue weighted by atomic mass is 79.9. The molecule has 0 heterocycles. The van der Waals surface area contributed by atoms with Gasteiger partial charge < -0.3 is 10.4 Å². The molecule has 0 saturated carbocycles. The summed E-state index contributed by atoms with van der Waals surface area (Å²) in [7, 11) is 0. The first-order valence-electron chi connectivity index (χ1n) is 6.46. The summed E-state index contributed by atoms with van der Waals surface area (Å²) in [4.78, 5) is 12.2. The van der Waals surface area contributed by atoms with Crippen molar-refractivity contribution in [3.8, 4) is 5.75 Å². The first-order valence-corrected chi connectivity index (χ1v) is 7.25. The van der Waals surface area contributed by atoms with E-state index < -0.39 is 0 Å². The average Bonchev–Trinajstić information content (AvgIpc) is 2.45. The molecule has 0 aliphatic carbocycles. The van der Waals surface area contributed by atoms with E-state index in [9.17, 15) is 9.90 Å². The molecule has 0 aliphatic rings. The van der Waals surface area contributed by atoms with Crippen LogP contribution in [0.4, 0.5) is 0 Å². The number of amides is 1. The van der Waals surface area contributed by atoms with Gasteiger partial charge in [0.2, 0.25) is 0 Å². The van der Waals surface area contributed by atoms with Crippen molar-refractivity contribution in [3.05, 3.63) is 64.1 Å². The molecule has 2 rings (SSSR count). The predicted octanol–water partition coefficient (Wildman–Crippen LogP) is 4.04. The number of rotatable bonds is 4. The van der Waals surface area contributed by atoms with Gasteiger partial charge in [-0.25, -0.2) is 0 Å². The Morgan fingerprint density at radius 3 is 2.55 bits per heavy atom. The zero-order chi connectivity index (χ0) is 14.5. The molecule has 0 spiro atoms. The first kappa shape index (κ1) is 14.6. The van der Waals surface area contributed by atoms with Crippen LogP contribution in [-0.4, -0.2) is 11.0 Å². The minimum absolute atomic E-state index is 0.0280. The molecular formula is C16H16BrNO2. The number of phenols is 1. The van der Waals surface area contributed by atoms with E-state index in [0.29, 0.717) is 0 Å². The summed E-state index contributed by atoms with van der Waals surface area (Å²) in [5, 5.41) is 12.8. The minimum Gasteiger partial charge on any atom is -0.507 e. The molecule has 2 aromatic carbocycles. The Bertz CT molecular complexity index is 599. The lowest BCUT2D eigenvalue weighted by molar-refractivity contribution is 0.0933. The summed E-state index contributed by atoms with van der Waals surface area (Å²) < 4.78 is 0.738. The quantitative estimate of drug-likeness (QED) is 0.887. The van der Waals surface area contributed by atoms with Gasteiger partial charge in [0, 0.05) is 4.47 Å². The van der Waals surface area contributed by atoms with Crippen LogP contribution in [-0.2, 0) is 0 Å². The fourth-order valence-electron chi connectivity index (χ4n) is 2.04. The average molecular weight is 334 g/mol. The maximum Gasteiger partial charge on any atom is 0.255 e. The number of benzene rings is 2. The second-order valence-corrected chi connectivity index (χ2v) is 5.42. The van der Waals surface area contributed by atoms with E-state index in [1.165, 1.54) is 6.07 Å². The zero-order valence-electron chi connectivity index (χ0n) is 11.1. The molecule has 0 aromatic heterocycles. The molecule has 104 valence electrons. The second kappa shape index (κ2) is 6.57. The number of carbonyl (C=O) groups is 1. The van der Waals surface area contributed by atoms with Crippen LogP contribution in [0.3, 0.4) is 0 Å². The molecular weight excluding hydrogens is 318 g/mol. The lowest BCUT2D eigenvalue weighted by atomic mass is 10.0. The summed E-state index contributed by atoms with van der Waals surface area (Å²) in [6.45, 7) is 2.01. The highest BCUT2D eigenvalue weighted by molar-refractivity contribution is 9.10. The van der Waals surface area contributed by atoms with Crippen molar-refractivity contribution in [2.24, 2.45) is 0 Å². The van der Waals surface area contributed by atoms with Gasteiger partial charge in [-0.3, -0.25) is 4.79 Å². The van der Waals surface area contributed by atoms with Gasteiger partial charge in [-0.1, -0.05) is 53.2 Å². The molecule has 3 nitrogen and oxygen atoms in total. The van der Waals surface area contributed by atoms with Gasteiger partial charge in [-0.05, 0) is 30.2 Å². The van der Waals surface area contributed by atoms with E-state index in [-0.39, 0.29) is 23.3 Å². The molecule has 2 N–H and O–H groups in total. The van der Waals surface area contributed by atoms with Gasteiger partial charge >= 0.3 is 0 Å². The topological polar surface area (TPSA) is 49.3 Å². The Morgan fingerprint density at radius 2 is 1.95 bits per heavy atom. The standard InChI is InChI=1S/C16H16BrNO2/c1-2-14(11-6-4-3-5-7-11)18-16(20)13-9-8-12(17)10-15(13)19/h3-10,14,19H,2H2,1H3,(H,18,20). The van der Waals surface area contributed by atoms with Crippen molar-refractivity contribution < 1.29 is 9.90 Å². The van der Waals surface area contributed by atoms with Crippen LogP contribution >= 0.6 is 15.9 Å². The normalized spacial score (nSPS) is 11.9. The fraction of sp³-hybridized carbons (Fsp3) is 0.188. The number of halogens is 1. The minimum atomic E-state index is -0.272. The number of hydrogen-bond donors (Lipinski definition) is 2. The SMILES string of the molecule is CCC(NC(=O)c1ccc(Br)cc1O)c1ccccc1. The van der Waals surface area contributed by atoms with Crippen LogP contribution in [0.2, 0.25) is 0 Å². The van der Waals surface area contributed by atoms with Crippen LogP contribution in [0, 0.1) is 0 Å². The van der Waals surface area contributed by atoms with E-state index >= 15 is 0 Å². The summed E-state index contributed by atoms with van der Waals surface area (Å²) in [6.07, 6.45) is 0.785. The van der Waals surface area contributed by atoms with Crippen molar-refractivity contribution in [2.75, 3.05) is 0 Å². The van der Waals surface area contributed by atoms with Crippen LogP contribution in [0.25, 0.3) is 0 Å². The Balaban J connectivity index is 2.17. The maximum atomic E-state index is 12.2. The van der Waals surface area contributed by atoms with Gasteiger partial charge in [-0.15, -0.1) is 0 Å². The molecule has 20 heavy (non-hydrogen) atoms. The first-order chi connectivity index (χ1) is 9.61. The van der Waals surface area contributed by atoms with E-state index in [1.807, 2.05) is 37.3 Å². The Hall–Kier alpha value is -1.81. The van der Waals surface area contributed by atoms with E-state index in [1.54, 1.807) is 12.1 Å². The van der Waals surface area contributed by atoms with Crippen molar-refractivity contribution in [1.29, 1.82) is 0 Å². The lowest BCUT2D eigenvalue weighted by Gasteiger charge is -2.18. The number of phenolic OH excluding ortho intramolecular Hbond substituents is 1. The second-order valence-electron chi connectivity index (χ2n) is 4.51. The lowest BCUT2D eigenvalue weighted by Crippen LogP contribution is -2.28. The van der Waals surface area contributed by atoms with Gasteiger partial charge in [-0.2, -0.15) is 0 Å². The monoisotopic (exact) mass is 333 g/mol. The molecule has 1 amide bonds. The Kier molecular flexibility index (Phi) is 4.79. The molecule has 0 saturated heterocycles. The Morgan fingerprint density at radius 1 is 1.25 bits per heavy atom. The molecule has 2 aromatic rings. The third-order valence-corrected chi connectivity index (χ3v) is 3.61. The van der Waals surface area contributed by atoms with Crippen molar-refractivity contribution >= 4 is 21.8 Å². The number of aromatic hydroxyl groups is 1. The van der Waals surface area contributed by atoms with E-state index in [2.05, 4.69) is 21.2 Å². The van der Waals surface area contributed by atoms with Crippen molar-refractivity contribution in [1.82, 2.24) is 5.32 Å². The third-order valence-electron chi connectivity index (χ3n) is 3.12. The maximum absolute atomic E-state index is 12.2. The van der Waals surface area contributed by atoms with Crippen molar-refractivity contribution in [3.63, 3.8) is 0 Å². The largest absolute Gasteiger partial charge is 0.507 e. The van der Waals surface area contributed by atoms with Crippen LogP contribution < -0.4 is 5.32 Å². The van der Waals surface area contributed by atoms with Crippen LogP contribution in [0.1, 0.15) is 35.3 Å². The zero-order valence-corrected chi connectivity index (χ0v) is 12.7. The molecule has 0 radical (unpaired) electrons. The van der Waals surface area contributed by atoms with Gasteiger partial charge in [0.1, 0.15) is 5.75 Å². The van der Waals surface area contributed by atoms with E-state index in [4.69, 9.17) is 0 Å². The highest BCUT2D eigenvalue weighted by Gasteiger charge is 2.16. The number of nitrogens with one attached hydrogen (secondary N) is 1. The molecule has 4 heteroatoms.